The fourth-order valence-corrected chi connectivity index (χ4v) is 3.85. The molecule has 0 saturated carbocycles. The van der Waals surface area contributed by atoms with Gasteiger partial charge in [0.05, 0.1) is 31.7 Å². The highest BCUT2D eigenvalue weighted by Crippen LogP contribution is 2.32. The number of para-hydroxylation sites is 2. The second kappa shape index (κ2) is 9.17. The zero-order valence-electron chi connectivity index (χ0n) is 15.6. The van der Waals surface area contributed by atoms with Gasteiger partial charge in [-0.2, -0.15) is 0 Å². The van der Waals surface area contributed by atoms with Crippen LogP contribution in [0.15, 0.2) is 36.4 Å². The molecule has 0 radical (unpaired) electrons. The number of amides is 1. The Bertz CT molecular complexity index is 933. The lowest BCUT2D eigenvalue weighted by Crippen LogP contribution is -2.53. The van der Waals surface area contributed by atoms with Crippen LogP contribution in [0.3, 0.4) is 0 Å². The van der Waals surface area contributed by atoms with Gasteiger partial charge in [0.1, 0.15) is 5.69 Å². The number of benzene rings is 2. The Labute approximate surface area is 183 Å². The summed E-state index contributed by atoms with van der Waals surface area (Å²) < 4.78 is 0. The van der Waals surface area contributed by atoms with E-state index in [9.17, 15) is 14.9 Å². The van der Waals surface area contributed by atoms with E-state index < -0.39 is 6.04 Å². The van der Waals surface area contributed by atoms with Gasteiger partial charge in [-0.15, -0.1) is 0 Å². The van der Waals surface area contributed by atoms with Gasteiger partial charge in [0, 0.05) is 32.2 Å². The number of nitro benzene ring substituents is 1. The van der Waals surface area contributed by atoms with Gasteiger partial charge in [-0.1, -0.05) is 46.9 Å². The first kappa shape index (κ1) is 21.6. The first-order chi connectivity index (χ1) is 13.8. The lowest BCUT2D eigenvalue weighted by atomic mass is 10.1. The van der Waals surface area contributed by atoms with Gasteiger partial charge in [-0.25, -0.2) is 0 Å². The second-order valence-electron chi connectivity index (χ2n) is 6.68. The summed E-state index contributed by atoms with van der Waals surface area (Å²) in [6, 6.07) is 9.27. The van der Waals surface area contributed by atoms with E-state index in [0.29, 0.717) is 52.6 Å². The number of halogens is 3. The lowest BCUT2D eigenvalue weighted by molar-refractivity contribution is -0.384. The normalized spacial score (nSPS) is 15.8. The molecule has 0 bridgehead atoms. The topological polar surface area (TPSA) is 78.7 Å². The molecular weight excluding hydrogens is 439 g/mol. The van der Waals surface area contributed by atoms with Crippen LogP contribution in [-0.2, 0) is 4.79 Å². The highest BCUT2D eigenvalue weighted by Gasteiger charge is 2.28. The molecule has 1 atom stereocenters. The monoisotopic (exact) mass is 456 g/mol. The number of piperazine rings is 1. The third kappa shape index (κ3) is 4.93. The molecule has 0 aliphatic carbocycles. The van der Waals surface area contributed by atoms with E-state index in [1.54, 1.807) is 25.1 Å². The van der Waals surface area contributed by atoms with Crippen molar-refractivity contribution in [3.8, 4) is 0 Å². The Balaban J connectivity index is 1.63. The third-order valence-corrected chi connectivity index (χ3v) is 5.96. The van der Waals surface area contributed by atoms with Crippen molar-refractivity contribution in [3.05, 3.63) is 61.6 Å². The van der Waals surface area contributed by atoms with E-state index in [2.05, 4.69) is 5.32 Å². The Morgan fingerprint density at radius 3 is 2.34 bits per heavy atom. The molecule has 0 spiro atoms. The van der Waals surface area contributed by atoms with Gasteiger partial charge < -0.3 is 10.2 Å². The molecule has 1 N–H and O–H groups in total. The van der Waals surface area contributed by atoms with E-state index in [-0.39, 0.29) is 16.5 Å². The van der Waals surface area contributed by atoms with Crippen LogP contribution in [0.2, 0.25) is 15.1 Å². The summed E-state index contributed by atoms with van der Waals surface area (Å²) in [7, 11) is 0. The van der Waals surface area contributed by atoms with Crippen LogP contribution in [-0.4, -0.2) is 48.0 Å². The molecule has 2 aromatic carbocycles. The molecule has 7 nitrogen and oxygen atoms in total. The number of nitrogens with zero attached hydrogens (tertiary/aromatic N) is 3. The Morgan fingerprint density at radius 1 is 1.07 bits per heavy atom. The van der Waals surface area contributed by atoms with Gasteiger partial charge in [0.25, 0.3) is 5.69 Å². The molecule has 1 aliphatic rings. The molecule has 2 aromatic rings. The highest BCUT2D eigenvalue weighted by atomic mass is 35.5. The molecule has 1 amide bonds. The van der Waals surface area contributed by atoms with Crippen molar-refractivity contribution in [2.75, 3.05) is 36.4 Å². The number of nitro groups is 1. The molecule has 1 aliphatic heterocycles. The first-order valence-corrected chi connectivity index (χ1v) is 10.1. The Morgan fingerprint density at radius 2 is 1.69 bits per heavy atom. The zero-order chi connectivity index (χ0) is 21.1. The fourth-order valence-electron chi connectivity index (χ4n) is 3.26. The Kier molecular flexibility index (Phi) is 6.85. The molecule has 29 heavy (non-hydrogen) atoms. The minimum Gasteiger partial charge on any atom is -0.363 e. The zero-order valence-corrected chi connectivity index (χ0v) is 17.8. The third-order valence-electron chi connectivity index (χ3n) is 4.93. The second-order valence-corrected chi connectivity index (χ2v) is 7.90. The summed E-state index contributed by atoms with van der Waals surface area (Å²) >= 11 is 18.0. The van der Waals surface area contributed by atoms with Crippen LogP contribution in [0.5, 0.6) is 0 Å². The standard InChI is InChI=1S/C19H19Cl3N4O3/c1-12(19(27)23-16-11-14(21)13(20)10-15(16)22)24-6-8-25(9-7-24)17-4-2-3-5-18(17)26(28)29/h2-5,10-12H,6-9H2,1H3,(H,23,27). The fraction of sp³-hybridized carbons (Fsp3) is 0.316. The maximum Gasteiger partial charge on any atom is 0.292 e. The van der Waals surface area contributed by atoms with Gasteiger partial charge in [-0.3, -0.25) is 19.8 Å². The van der Waals surface area contributed by atoms with Crippen molar-refractivity contribution in [2.24, 2.45) is 0 Å². The summed E-state index contributed by atoms with van der Waals surface area (Å²) in [6.07, 6.45) is 0. The molecule has 154 valence electrons. The molecule has 1 saturated heterocycles. The van der Waals surface area contributed by atoms with Gasteiger partial charge >= 0.3 is 0 Å². The van der Waals surface area contributed by atoms with Gasteiger partial charge in [-0.05, 0) is 25.1 Å². The van der Waals surface area contributed by atoms with E-state index in [1.165, 1.54) is 18.2 Å². The number of hydrogen-bond donors (Lipinski definition) is 1. The predicted molar refractivity (Wildman–Crippen MR) is 116 cm³/mol. The SMILES string of the molecule is CC(C(=O)Nc1cc(Cl)c(Cl)cc1Cl)N1CCN(c2ccccc2[N+](=O)[O-])CC1. The predicted octanol–water partition coefficient (Wildman–Crippen LogP) is 4.70. The molecular formula is C19H19Cl3N4O3. The molecule has 1 heterocycles. The van der Waals surface area contributed by atoms with Crippen molar-refractivity contribution in [1.29, 1.82) is 0 Å². The highest BCUT2D eigenvalue weighted by molar-refractivity contribution is 6.44. The van der Waals surface area contributed by atoms with E-state index >= 15 is 0 Å². The average Bonchev–Trinajstić information content (AvgIpc) is 2.71. The van der Waals surface area contributed by atoms with E-state index in [0.717, 1.165) is 0 Å². The smallest absolute Gasteiger partial charge is 0.292 e. The summed E-state index contributed by atoms with van der Waals surface area (Å²) in [5, 5.41) is 15.0. The quantitative estimate of drug-likeness (QED) is 0.400. The largest absolute Gasteiger partial charge is 0.363 e. The first-order valence-electron chi connectivity index (χ1n) is 8.95. The van der Waals surface area contributed by atoms with Crippen molar-refractivity contribution in [1.82, 2.24) is 4.90 Å². The minimum atomic E-state index is -0.409. The molecule has 3 rings (SSSR count). The Hall–Kier alpha value is -2.06. The van der Waals surface area contributed by atoms with Crippen LogP contribution in [0.25, 0.3) is 0 Å². The van der Waals surface area contributed by atoms with Crippen molar-refractivity contribution < 1.29 is 9.72 Å². The van der Waals surface area contributed by atoms with Crippen LogP contribution < -0.4 is 10.2 Å². The summed E-state index contributed by atoms with van der Waals surface area (Å²) in [4.78, 5) is 27.5. The lowest BCUT2D eigenvalue weighted by Gasteiger charge is -2.38. The summed E-state index contributed by atoms with van der Waals surface area (Å²) in [6.45, 7) is 4.15. The van der Waals surface area contributed by atoms with E-state index in [1.807, 2.05) is 9.80 Å². The van der Waals surface area contributed by atoms with Gasteiger partial charge in [0.2, 0.25) is 5.91 Å². The maximum atomic E-state index is 12.7. The molecule has 10 heteroatoms. The minimum absolute atomic E-state index is 0.0843. The van der Waals surface area contributed by atoms with Crippen LogP contribution >= 0.6 is 34.8 Å². The number of hydrogen-bond acceptors (Lipinski definition) is 5. The van der Waals surface area contributed by atoms with E-state index in [4.69, 9.17) is 34.8 Å². The average molecular weight is 458 g/mol. The number of nitrogens with one attached hydrogen (secondary N) is 1. The number of rotatable bonds is 5. The van der Waals surface area contributed by atoms with Crippen molar-refractivity contribution in [3.63, 3.8) is 0 Å². The van der Waals surface area contributed by atoms with Crippen LogP contribution in [0, 0.1) is 10.1 Å². The number of carbonyl (C=O) groups is 1. The van der Waals surface area contributed by atoms with Crippen LogP contribution in [0.4, 0.5) is 17.1 Å². The number of carbonyl (C=O) groups excluding carboxylic acids is 1. The maximum absolute atomic E-state index is 12.7. The summed E-state index contributed by atoms with van der Waals surface area (Å²) in [5.41, 5.74) is 1.08. The van der Waals surface area contributed by atoms with Crippen LogP contribution in [0.1, 0.15) is 6.92 Å². The number of anilines is 2. The molecule has 1 unspecified atom stereocenters. The summed E-state index contributed by atoms with van der Waals surface area (Å²) in [5.74, 6) is -0.218. The van der Waals surface area contributed by atoms with Crippen molar-refractivity contribution >= 4 is 57.8 Å². The molecule has 0 aromatic heterocycles. The molecule has 1 fully saturated rings. The van der Waals surface area contributed by atoms with Gasteiger partial charge in [0.15, 0.2) is 0 Å². The van der Waals surface area contributed by atoms with Crippen molar-refractivity contribution in [2.45, 2.75) is 13.0 Å².